The van der Waals surface area contributed by atoms with Gasteiger partial charge in [-0.1, -0.05) is 11.6 Å². The minimum absolute atomic E-state index is 0.164. The molecule has 14 heavy (non-hydrogen) atoms. The highest BCUT2D eigenvalue weighted by molar-refractivity contribution is 7.98. The summed E-state index contributed by atoms with van der Waals surface area (Å²) in [6, 6.07) is 3.46. The summed E-state index contributed by atoms with van der Waals surface area (Å²) < 4.78 is 0. The van der Waals surface area contributed by atoms with E-state index >= 15 is 0 Å². The molecular formula is C8H12ClN3OS. The van der Waals surface area contributed by atoms with Crippen molar-refractivity contribution in [3.8, 4) is 0 Å². The van der Waals surface area contributed by atoms with Gasteiger partial charge in [0.05, 0.1) is 17.3 Å². The zero-order valence-corrected chi connectivity index (χ0v) is 9.11. The van der Waals surface area contributed by atoms with Crippen LogP contribution in [0.15, 0.2) is 12.1 Å². The van der Waals surface area contributed by atoms with Gasteiger partial charge in [0.1, 0.15) is 5.82 Å². The average molecular weight is 234 g/mol. The molecule has 1 heterocycles. The molecule has 0 aromatic carbocycles. The van der Waals surface area contributed by atoms with E-state index in [9.17, 15) is 0 Å². The summed E-state index contributed by atoms with van der Waals surface area (Å²) >= 11 is 7.50. The van der Waals surface area contributed by atoms with Gasteiger partial charge in [0.25, 0.3) is 0 Å². The van der Waals surface area contributed by atoms with Crippen LogP contribution in [0.4, 0.5) is 5.82 Å². The zero-order chi connectivity index (χ0) is 10.4. The standard InChI is InChI=1S/C8H12ClN3OS/c9-6-1-2-8(12-10)11-7(6)5-14-4-3-13/h1-2,13H,3-5,10H2,(H,11,12). The van der Waals surface area contributed by atoms with Gasteiger partial charge in [-0.05, 0) is 12.1 Å². The Bertz CT molecular complexity index is 298. The molecule has 0 saturated heterocycles. The van der Waals surface area contributed by atoms with Crippen molar-refractivity contribution >= 4 is 29.2 Å². The zero-order valence-electron chi connectivity index (χ0n) is 7.53. The highest BCUT2D eigenvalue weighted by Gasteiger charge is 2.03. The number of rotatable bonds is 5. The largest absolute Gasteiger partial charge is 0.396 e. The fourth-order valence-electron chi connectivity index (χ4n) is 0.899. The van der Waals surface area contributed by atoms with E-state index in [1.54, 1.807) is 23.9 Å². The Kier molecular flexibility index (Phi) is 5.03. The molecule has 4 N–H and O–H groups in total. The van der Waals surface area contributed by atoms with Crippen molar-refractivity contribution < 1.29 is 5.11 Å². The van der Waals surface area contributed by atoms with Crippen LogP contribution in [-0.2, 0) is 5.75 Å². The topological polar surface area (TPSA) is 71.2 Å². The molecule has 1 aromatic heterocycles. The third-order valence-corrected chi connectivity index (χ3v) is 2.83. The van der Waals surface area contributed by atoms with Gasteiger partial charge >= 0.3 is 0 Å². The van der Waals surface area contributed by atoms with Crippen molar-refractivity contribution in [3.05, 3.63) is 22.8 Å². The maximum absolute atomic E-state index is 8.61. The lowest BCUT2D eigenvalue weighted by Gasteiger charge is -2.05. The summed E-state index contributed by atoms with van der Waals surface area (Å²) in [5, 5.41) is 9.23. The van der Waals surface area contributed by atoms with E-state index in [2.05, 4.69) is 10.4 Å². The van der Waals surface area contributed by atoms with Crippen molar-refractivity contribution in [2.45, 2.75) is 5.75 Å². The van der Waals surface area contributed by atoms with E-state index in [1.807, 2.05) is 0 Å². The molecular weight excluding hydrogens is 222 g/mol. The number of anilines is 1. The second kappa shape index (κ2) is 6.08. The normalized spacial score (nSPS) is 10.2. The highest BCUT2D eigenvalue weighted by atomic mass is 35.5. The van der Waals surface area contributed by atoms with E-state index in [1.165, 1.54) is 0 Å². The lowest BCUT2D eigenvalue weighted by atomic mass is 10.4. The molecule has 0 bridgehead atoms. The van der Waals surface area contributed by atoms with Crippen molar-refractivity contribution in [2.24, 2.45) is 5.84 Å². The number of nitrogen functional groups attached to an aromatic ring is 1. The molecule has 4 nitrogen and oxygen atoms in total. The molecule has 0 saturated carbocycles. The maximum Gasteiger partial charge on any atom is 0.140 e. The fourth-order valence-corrected chi connectivity index (χ4v) is 1.84. The summed E-state index contributed by atoms with van der Waals surface area (Å²) in [5.41, 5.74) is 3.23. The number of hydrogen-bond acceptors (Lipinski definition) is 5. The number of nitrogens with two attached hydrogens (primary N) is 1. The number of hydrazine groups is 1. The Morgan fingerprint density at radius 2 is 2.36 bits per heavy atom. The van der Waals surface area contributed by atoms with Crippen LogP contribution in [0.25, 0.3) is 0 Å². The first kappa shape index (κ1) is 11.6. The lowest BCUT2D eigenvalue weighted by molar-refractivity contribution is 0.322. The van der Waals surface area contributed by atoms with E-state index in [4.69, 9.17) is 22.6 Å². The van der Waals surface area contributed by atoms with Crippen molar-refractivity contribution in [1.82, 2.24) is 4.98 Å². The third-order valence-electron chi connectivity index (χ3n) is 1.54. The number of nitrogens with one attached hydrogen (secondary N) is 1. The molecule has 0 amide bonds. The highest BCUT2D eigenvalue weighted by Crippen LogP contribution is 2.20. The summed E-state index contributed by atoms with van der Waals surface area (Å²) in [7, 11) is 0. The second-order valence-corrected chi connectivity index (χ2v) is 4.06. The number of hydrogen-bond donors (Lipinski definition) is 3. The molecule has 0 spiro atoms. The van der Waals surface area contributed by atoms with E-state index in [-0.39, 0.29) is 6.61 Å². The SMILES string of the molecule is NNc1ccc(Cl)c(CSCCO)n1. The molecule has 0 radical (unpaired) electrons. The predicted octanol–water partition coefficient (Wildman–Crippen LogP) is 1.25. The summed E-state index contributed by atoms with van der Waals surface area (Å²) in [6.45, 7) is 0.164. The minimum Gasteiger partial charge on any atom is -0.396 e. The van der Waals surface area contributed by atoms with Crippen LogP contribution >= 0.6 is 23.4 Å². The third kappa shape index (κ3) is 3.34. The molecule has 0 atom stereocenters. The van der Waals surface area contributed by atoms with Gasteiger partial charge in [0.15, 0.2) is 0 Å². The van der Waals surface area contributed by atoms with Crippen LogP contribution in [0.2, 0.25) is 5.02 Å². The van der Waals surface area contributed by atoms with E-state index in [0.29, 0.717) is 22.3 Å². The Labute approximate surface area is 91.8 Å². The molecule has 78 valence electrons. The van der Waals surface area contributed by atoms with Gasteiger partial charge < -0.3 is 10.5 Å². The van der Waals surface area contributed by atoms with E-state index < -0.39 is 0 Å². The summed E-state index contributed by atoms with van der Waals surface area (Å²) in [4.78, 5) is 4.19. The Balaban J connectivity index is 2.64. The van der Waals surface area contributed by atoms with Crippen LogP contribution in [0.5, 0.6) is 0 Å². The average Bonchev–Trinajstić information content (AvgIpc) is 2.21. The molecule has 1 aromatic rings. The molecule has 0 aliphatic carbocycles. The number of aliphatic hydroxyl groups is 1. The molecule has 0 fully saturated rings. The van der Waals surface area contributed by atoms with Crippen molar-refractivity contribution in [2.75, 3.05) is 17.8 Å². The Morgan fingerprint density at radius 3 is 3.00 bits per heavy atom. The van der Waals surface area contributed by atoms with Crippen LogP contribution in [0.3, 0.4) is 0 Å². The smallest absolute Gasteiger partial charge is 0.140 e. The van der Waals surface area contributed by atoms with Gasteiger partial charge in [0, 0.05) is 11.5 Å². The number of nitrogens with zero attached hydrogens (tertiary/aromatic N) is 1. The van der Waals surface area contributed by atoms with Gasteiger partial charge in [-0.25, -0.2) is 10.8 Å². The number of pyridine rings is 1. The summed E-state index contributed by atoms with van der Waals surface area (Å²) in [5.74, 6) is 7.17. The lowest BCUT2D eigenvalue weighted by Crippen LogP contribution is -2.09. The van der Waals surface area contributed by atoms with Crippen LogP contribution in [0.1, 0.15) is 5.69 Å². The number of aliphatic hydroxyl groups excluding tert-OH is 1. The van der Waals surface area contributed by atoms with Crippen LogP contribution < -0.4 is 11.3 Å². The monoisotopic (exact) mass is 233 g/mol. The number of aromatic nitrogens is 1. The molecule has 0 aliphatic heterocycles. The molecule has 6 heteroatoms. The van der Waals surface area contributed by atoms with Gasteiger partial charge in [-0.3, -0.25) is 0 Å². The number of halogens is 1. The maximum atomic E-state index is 8.61. The molecule has 1 rings (SSSR count). The van der Waals surface area contributed by atoms with Gasteiger partial charge in [0.2, 0.25) is 0 Å². The van der Waals surface area contributed by atoms with Gasteiger partial charge in [-0.2, -0.15) is 11.8 Å². The van der Waals surface area contributed by atoms with Crippen molar-refractivity contribution in [3.63, 3.8) is 0 Å². The minimum atomic E-state index is 0.164. The number of thioether (sulfide) groups is 1. The van der Waals surface area contributed by atoms with Crippen molar-refractivity contribution in [1.29, 1.82) is 0 Å². The molecule has 0 aliphatic rings. The van der Waals surface area contributed by atoms with Crippen LogP contribution in [0, 0.1) is 0 Å². The van der Waals surface area contributed by atoms with E-state index in [0.717, 1.165) is 5.69 Å². The predicted molar refractivity (Wildman–Crippen MR) is 60.3 cm³/mol. The Hall–Kier alpha value is -0.490. The fraction of sp³-hybridized carbons (Fsp3) is 0.375. The van der Waals surface area contributed by atoms with Crippen LogP contribution in [-0.4, -0.2) is 22.5 Å². The Morgan fingerprint density at radius 1 is 1.57 bits per heavy atom. The second-order valence-electron chi connectivity index (χ2n) is 2.55. The first-order valence-electron chi connectivity index (χ1n) is 4.08. The first-order chi connectivity index (χ1) is 6.77. The quantitative estimate of drug-likeness (QED) is 0.406. The summed E-state index contributed by atoms with van der Waals surface area (Å²) in [6.07, 6.45) is 0. The van der Waals surface area contributed by atoms with Gasteiger partial charge in [-0.15, -0.1) is 0 Å². The first-order valence-corrected chi connectivity index (χ1v) is 5.62. The molecule has 0 unspecified atom stereocenters.